The molecule has 0 bridgehead atoms. The van der Waals surface area contributed by atoms with Gasteiger partial charge in [-0.2, -0.15) is 0 Å². The summed E-state index contributed by atoms with van der Waals surface area (Å²) in [5.41, 5.74) is 7.54. The molecule has 0 radical (unpaired) electrons. The summed E-state index contributed by atoms with van der Waals surface area (Å²) in [7, 11) is 0. The summed E-state index contributed by atoms with van der Waals surface area (Å²) in [6.45, 7) is 3.71. The van der Waals surface area contributed by atoms with E-state index in [2.05, 4.69) is 5.32 Å². The highest BCUT2D eigenvalue weighted by atomic mass is 16.1. The standard InChI is InChI=1S/C18H22N2O/c1-18(2,19)13-16(21)20-17(14-9-5-3-6-10-14)15-11-7-4-8-12-15/h3-12,17H,13,19H2,1-2H3,(H,20,21). The first kappa shape index (κ1) is 15.3. The van der Waals surface area contributed by atoms with E-state index < -0.39 is 5.54 Å². The summed E-state index contributed by atoms with van der Waals surface area (Å²) in [5, 5.41) is 3.09. The lowest BCUT2D eigenvalue weighted by Crippen LogP contribution is -2.40. The van der Waals surface area contributed by atoms with Gasteiger partial charge in [0.15, 0.2) is 0 Å². The van der Waals surface area contributed by atoms with Gasteiger partial charge in [0, 0.05) is 12.0 Å². The van der Waals surface area contributed by atoms with Gasteiger partial charge in [0.05, 0.1) is 6.04 Å². The second kappa shape index (κ2) is 6.55. The number of carbonyl (C=O) groups is 1. The first-order valence-corrected chi connectivity index (χ1v) is 7.14. The minimum Gasteiger partial charge on any atom is -0.345 e. The van der Waals surface area contributed by atoms with Gasteiger partial charge >= 0.3 is 0 Å². The lowest BCUT2D eigenvalue weighted by Gasteiger charge is -2.23. The highest BCUT2D eigenvalue weighted by molar-refractivity contribution is 5.78. The summed E-state index contributed by atoms with van der Waals surface area (Å²) in [6.07, 6.45) is 0.295. The number of carbonyl (C=O) groups excluding carboxylic acids is 1. The monoisotopic (exact) mass is 282 g/mol. The number of nitrogens with one attached hydrogen (secondary N) is 1. The van der Waals surface area contributed by atoms with Gasteiger partial charge in [-0.25, -0.2) is 0 Å². The number of amides is 1. The fraction of sp³-hybridized carbons (Fsp3) is 0.278. The molecule has 0 aliphatic heterocycles. The molecule has 0 atom stereocenters. The van der Waals surface area contributed by atoms with E-state index >= 15 is 0 Å². The van der Waals surface area contributed by atoms with Gasteiger partial charge in [-0.1, -0.05) is 60.7 Å². The summed E-state index contributed by atoms with van der Waals surface area (Å²) in [5.74, 6) is -0.0415. The van der Waals surface area contributed by atoms with Crippen LogP contribution < -0.4 is 11.1 Å². The fourth-order valence-corrected chi connectivity index (χ4v) is 2.28. The Morgan fingerprint density at radius 1 is 1.00 bits per heavy atom. The van der Waals surface area contributed by atoms with E-state index in [1.165, 1.54) is 0 Å². The zero-order chi connectivity index (χ0) is 15.3. The normalized spacial score (nSPS) is 11.4. The van der Waals surface area contributed by atoms with Crippen LogP contribution >= 0.6 is 0 Å². The maximum absolute atomic E-state index is 12.2. The van der Waals surface area contributed by atoms with E-state index in [-0.39, 0.29) is 11.9 Å². The third-order valence-corrected chi connectivity index (χ3v) is 3.19. The predicted octanol–water partition coefficient (Wildman–Crippen LogP) is 3.02. The van der Waals surface area contributed by atoms with Gasteiger partial charge in [0.25, 0.3) is 0 Å². The number of hydrogen-bond acceptors (Lipinski definition) is 2. The molecular weight excluding hydrogens is 260 g/mol. The minimum absolute atomic E-state index is 0.0415. The number of benzene rings is 2. The first-order valence-electron chi connectivity index (χ1n) is 7.14. The second-order valence-electron chi connectivity index (χ2n) is 5.99. The van der Waals surface area contributed by atoms with Crippen molar-refractivity contribution >= 4 is 5.91 Å². The van der Waals surface area contributed by atoms with E-state index in [0.29, 0.717) is 6.42 Å². The Kier molecular flexibility index (Phi) is 4.76. The smallest absolute Gasteiger partial charge is 0.222 e. The number of nitrogens with two attached hydrogens (primary N) is 1. The average molecular weight is 282 g/mol. The summed E-state index contributed by atoms with van der Waals surface area (Å²) < 4.78 is 0. The van der Waals surface area contributed by atoms with E-state index in [0.717, 1.165) is 11.1 Å². The van der Waals surface area contributed by atoms with E-state index in [1.54, 1.807) is 0 Å². The van der Waals surface area contributed by atoms with Crippen molar-refractivity contribution in [3.8, 4) is 0 Å². The van der Waals surface area contributed by atoms with Gasteiger partial charge in [-0.15, -0.1) is 0 Å². The van der Waals surface area contributed by atoms with Gasteiger partial charge < -0.3 is 11.1 Å². The first-order chi connectivity index (χ1) is 9.96. The SMILES string of the molecule is CC(C)(N)CC(=O)NC(c1ccccc1)c1ccccc1. The van der Waals surface area contributed by atoms with Crippen LogP contribution in [-0.4, -0.2) is 11.4 Å². The maximum Gasteiger partial charge on any atom is 0.222 e. The van der Waals surface area contributed by atoms with Crippen molar-refractivity contribution in [2.24, 2.45) is 5.73 Å². The average Bonchev–Trinajstić information content (AvgIpc) is 2.45. The Labute approximate surface area is 126 Å². The molecule has 3 nitrogen and oxygen atoms in total. The van der Waals surface area contributed by atoms with Crippen LogP contribution in [0.2, 0.25) is 0 Å². The largest absolute Gasteiger partial charge is 0.345 e. The zero-order valence-electron chi connectivity index (χ0n) is 12.5. The van der Waals surface area contributed by atoms with Crippen molar-refractivity contribution in [3.63, 3.8) is 0 Å². The highest BCUT2D eigenvalue weighted by Gasteiger charge is 2.21. The zero-order valence-corrected chi connectivity index (χ0v) is 12.5. The van der Waals surface area contributed by atoms with Crippen molar-refractivity contribution < 1.29 is 4.79 Å². The molecule has 0 spiro atoms. The molecule has 0 saturated heterocycles. The molecule has 0 fully saturated rings. The predicted molar refractivity (Wildman–Crippen MR) is 85.8 cm³/mol. The van der Waals surface area contributed by atoms with Gasteiger partial charge in [0.1, 0.15) is 0 Å². The molecule has 0 aliphatic rings. The molecular formula is C18H22N2O. The fourth-order valence-electron chi connectivity index (χ4n) is 2.28. The van der Waals surface area contributed by atoms with Crippen LogP contribution in [0.1, 0.15) is 37.4 Å². The molecule has 1 amide bonds. The van der Waals surface area contributed by atoms with Crippen LogP contribution in [0.3, 0.4) is 0 Å². The summed E-state index contributed by atoms with van der Waals surface area (Å²) in [4.78, 5) is 12.2. The second-order valence-corrected chi connectivity index (χ2v) is 5.99. The Morgan fingerprint density at radius 2 is 1.43 bits per heavy atom. The van der Waals surface area contributed by atoms with Crippen LogP contribution in [0.15, 0.2) is 60.7 Å². The molecule has 110 valence electrons. The van der Waals surface area contributed by atoms with Crippen molar-refractivity contribution in [3.05, 3.63) is 71.8 Å². The lowest BCUT2D eigenvalue weighted by molar-refractivity contribution is -0.122. The third kappa shape index (κ3) is 4.72. The third-order valence-electron chi connectivity index (χ3n) is 3.19. The van der Waals surface area contributed by atoms with E-state index in [1.807, 2.05) is 74.5 Å². The van der Waals surface area contributed by atoms with Crippen molar-refractivity contribution in [2.45, 2.75) is 31.8 Å². The molecule has 0 unspecified atom stereocenters. The summed E-state index contributed by atoms with van der Waals surface area (Å²) in [6, 6.07) is 19.8. The molecule has 3 N–H and O–H groups in total. The molecule has 21 heavy (non-hydrogen) atoms. The molecule has 0 aromatic heterocycles. The van der Waals surface area contributed by atoms with Gasteiger partial charge in [-0.05, 0) is 25.0 Å². The Balaban J connectivity index is 2.24. The molecule has 0 heterocycles. The Morgan fingerprint density at radius 3 is 1.81 bits per heavy atom. The minimum atomic E-state index is -0.512. The van der Waals surface area contributed by atoms with Crippen LogP contribution in [0, 0.1) is 0 Å². The lowest BCUT2D eigenvalue weighted by atomic mass is 9.97. The van der Waals surface area contributed by atoms with Crippen LogP contribution in [0.4, 0.5) is 0 Å². The molecule has 0 aliphatic carbocycles. The van der Waals surface area contributed by atoms with Gasteiger partial charge in [0.2, 0.25) is 5.91 Å². The Bertz CT molecular complexity index is 534. The molecule has 2 aromatic rings. The molecule has 2 aromatic carbocycles. The maximum atomic E-state index is 12.2. The molecule has 3 heteroatoms. The Hall–Kier alpha value is -2.13. The van der Waals surface area contributed by atoms with Crippen molar-refractivity contribution in [2.75, 3.05) is 0 Å². The van der Waals surface area contributed by atoms with Crippen molar-refractivity contribution in [1.82, 2.24) is 5.32 Å². The molecule has 2 rings (SSSR count). The summed E-state index contributed by atoms with van der Waals surface area (Å²) >= 11 is 0. The van der Waals surface area contributed by atoms with E-state index in [9.17, 15) is 4.79 Å². The molecule has 0 saturated carbocycles. The topological polar surface area (TPSA) is 55.1 Å². The van der Waals surface area contributed by atoms with Crippen LogP contribution in [0.25, 0.3) is 0 Å². The quantitative estimate of drug-likeness (QED) is 0.885. The van der Waals surface area contributed by atoms with Gasteiger partial charge in [-0.3, -0.25) is 4.79 Å². The van der Waals surface area contributed by atoms with E-state index in [4.69, 9.17) is 5.73 Å². The van der Waals surface area contributed by atoms with Crippen LogP contribution in [-0.2, 0) is 4.79 Å². The highest BCUT2D eigenvalue weighted by Crippen LogP contribution is 2.22. The number of rotatable bonds is 5. The number of hydrogen-bond donors (Lipinski definition) is 2. The van der Waals surface area contributed by atoms with Crippen LogP contribution in [0.5, 0.6) is 0 Å². The van der Waals surface area contributed by atoms with Crippen molar-refractivity contribution in [1.29, 1.82) is 0 Å².